The van der Waals surface area contributed by atoms with Crippen LogP contribution in [0.25, 0.3) is 0 Å². The van der Waals surface area contributed by atoms with Crippen LogP contribution in [0, 0.1) is 13.8 Å². The summed E-state index contributed by atoms with van der Waals surface area (Å²) >= 11 is 0. The van der Waals surface area contributed by atoms with Crippen molar-refractivity contribution in [1.82, 2.24) is 9.88 Å². The van der Waals surface area contributed by atoms with Crippen LogP contribution in [0.4, 0.5) is 0 Å². The number of carbonyl (C=O) groups is 2. The summed E-state index contributed by atoms with van der Waals surface area (Å²) in [5, 5.41) is 0. The zero-order valence-corrected chi connectivity index (χ0v) is 11.1. The Kier molecular flexibility index (Phi) is 3.84. The van der Waals surface area contributed by atoms with Gasteiger partial charge in [0.2, 0.25) is 5.91 Å². The smallest absolute Gasteiger partial charge is 0.222 e. The van der Waals surface area contributed by atoms with E-state index >= 15 is 0 Å². The first-order valence-corrected chi connectivity index (χ1v) is 6.54. The van der Waals surface area contributed by atoms with Crippen LogP contribution in [0.3, 0.4) is 0 Å². The number of aryl methyl sites for hydroxylation is 1. The molecule has 1 fully saturated rings. The molecule has 1 N–H and O–H groups in total. The van der Waals surface area contributed by atoms with Gasteiger partial charge in [0.25, 0.3) is 0 Å². The molecule has 1 amide bonds. The van der Waals surface area contributed by atoms with E-state index in [1.54, 1.807) is 0 Å². The Balaban J connectivity index is 1.99. The lowest BCUT2D eigenvalue weighted by molar-refractivity contribution is -0.130. The van der Waals surface area contributed by atoms with Crippen molar-refractivity contribution < 1.29 is 9.59 Å². The topological polar surface area (TPSA) is 53.2 Å². The Labute approximate surface area is 107 Å². The van der Waals surface area contributed by atoms with Gasteiger partial charge >= 0.3 is 0 Å². The van der Waals surface area contributed by atoms with E-state index in [4.69, 9.17) is 0 Å². The van der Waals surface area contributed by atoms with Gasteiger partial charge in [0.15, 0.2) is 6.29 Å². The number of nitrogens with zero attached hydrogens (tertiary/aromatic N) is 1. The molecule has 1 aromatic rings. The Bertz CT molecular complexity index is 457. The molecule has 1 aliphatic rings. The highest BCUT2D eigenvalue weighted by molar-refractivity contribution is 5.78. The lowest BCUT2D eigenvalue weighted by atomic mass is 10.0. The van der Waals surface area contributed by atoms with Crippen LogP contribution >= 0.6 is 0 Å². The van der Waals surface area contributed by atoms with Gasteiger partial charge in [0.1, 0.15) is 0 Å². The van der Waals surface area contributed by atoms with Gasteiger partial charge < -0.3 is 9.88 Å². The van der Waals surface area contributed by atoms with Gasteiger partial charge in [0.05, 0.1) is 5.69 Å². The third kappa shape index (κ3) is 2.47. The summed E-state index contributed by atoms with van der Waals surface area (Å²) < 4.78 is 0. The van der Waals surface area contributed by atoms with E-state index in [1.165, 1.54) is 0 Å². The predicted molar refractivity (Wildman–Crippen MR) is 69.8 cm³/mol. The molecule has 18 heavy (non-hydrogen) atoms. The molecule has 0 radical (unpaired) electrons. The van der Waals surface area contributed by atoms with Crippen LogP contribution in [-0.4, -0.2) is 35.2 Å². The summed E-state index contributed by atoms with van der Waals surface area (Å²) in [7, 11) is 0. The molecule has 2 rings (SSSR count). The molecule has 0 aliphatic carbocycles. The summed E-state index contributed by atoms with van der Waals surface area (Å²) in [5.41, 5.74) is 3.74. The number of rotatable bonds is 4. The zero-order chi connectivity index (χ0) is 13.1. The molecular weight excluding hydrogens is 228 g/mol. The molecule has 1 aromatic heterocycles. The summed E-state index contributed by atoms with van der Waals surface area (Å²) in [4.78, 5) is 27.8. The summed E-state index contributed by atoms with van der Waals surface area (Å²) in [6.07, 6.45) is 4.36. The number of aromatic nitrogens is 1. The molecule has 1 saturated heterocycles. The Morgan fingerprint density at radius 1 is 1.33 bits per heavy atom. The molecule has 98 valence electrons. The minimum absolute atomic E-state index is 0.236. The minimum atomic E-state index is 0.236. The van der Waals surface area contributed by atoms with Crippen LogP contribution in [0.5, 0.6) is 0 Å². The molecule has 0 saturated carbocycles. The van der Waals surface area contributed by atoms with Crippen molar-refractivity contribution in [2.45, 2.75) is 39.5 Å². The Morgan fingerprint density at radius 3 is 2.56 bits per heavy atom. The first kappa shape index (κ1) is 12.9. The standard InChI is InChI=1S/C14H20N2O2/c1-10-12(11(2)15-13(10)9-17)5-6-14(18)16-7-3-4-8-16/h9,15H,3-8H2,1-2H3. The number of aromatic amines is 1. The SMILES string of the molecule is Cc1[nH]c(C=O)c(C)c1CCC(=O)N1CCCC1. The van der Waals surface area contributed by atoms with Crippen molar-refractivity contribution in [1.29, 1.82) is 0 Å². The van der Waals surface area contributed by atoms with Gasteiger partial charge in [-0.2, -0.15) is 0 Å². The van der Waals surface area contributed by atoms with Crippen molar-refractivity contribution in [2.24, 2.45) is 0 Å². The van der Waals surface area contributed by atoms with E-state index in [9.17, 15) is 9.59 Å². The number of nitrogens with one attached hydrogen (secondary N) is 1. The Hall–Kier alpha value is -1.58. The van der Waals surface area contributed by atoms with Gasteiger partial charge in [-0.25, -0.2) is 0 Å². The van der Waals surface area contributed by atoms with Crippen LogP contribution in [0.1, 0.15) is 46.6 Å². The van der Waals surface area contributed by atoms with Crippen molar-refractivity contribution in [3.63, 3.8) is 0 Å². The summed E-state index contributed by atoms with van der Waals surface area (Å²) in [5.74, 6) is 0.236. The fourth-order valence-corrected chi connectivity index (χ4v) is 2.66. The number of carbonyl (C=O) groups excluding carboxylic acids is 2. The average Bonchev–Trinajstić information content (AvgIpc) is 2.96. The van der Waals surface area contributed by atoms with Gasteiger partial charge in [-0.05, 0) is 44.2 Å². The third-order valence-electron chi connectivity index (χ3n) is 3.80. The van der Waals surface area contributed by atoms with E-state index in [2.05, 4.69) is 4.98 Å². The van der Waals surface area contributed by atoms with Gasteiger partial charge in [0, 0.05) is 25.2 Å². The van der Waals surface area contributed by atoms with Gasteiger partial charge in [-0.3, -0.25) is 9.59 Å². The van der Waals surface area contributed by atoms with Crippen molar-refractivity contribution in [2.75, 3.05) is 13.1 Å². The van der Waals surface area contributed by atoms with E-state index in [0.29, 0.717) is 12.1 Å². The maximum absolute atomic E-state index is 12.0. The number of H-pyrrole nitrogens is 1. The lowest BCUT2D eigenvalue weighted by Gasteiger charge is -2.15. The van der Waals surface area contributed by atoms with Crippen molar-refractivity contribution >= 4 is 12.2 Å². The van der Waals surface area contributed by atoms with Crippen molar-refractivity contribution in [3.8, 4) is 0 Å². The zero-order valence-electron chi connectivity index (χ0n) is 11.1. The van der Waals surface area contributed by atoms with Crippen LogP contribution < -0.4 is 0 Å². The summed E-state index contributed by atoms with van der Waals surface area (Å²) in [6.45, 7) is 5.70. The van der Waals surface area contributed by atoms with E-state index < -0.39 is 0 Å². The molecule has 0 spiro atoms. The second kappa shape index (κ2) is 5.38. The molecule has 0 bridgehead atoms. The third-order valence-corrected chi connectivity index (χ3v) is 3.80. The molecular formula is C14H20N2O2. The number of likely N-dealkylation sites (tertiary alicyclic amines) is 1. The highest BCUT2D eigenvalue weighted by Crippen LogP contribution is 2.19. The van der Waals surface area contributed by atoms with Crippen LogP contribution in [0.15, 0.2) is 0 Å². The van der Waals surface area contributed by atoms with Gasteiger partial charge in [-0.1, -0.05) is 0 Å². The monoisotopic (exact) mass is 248 g/mol. The Morgan fingerprint density at radius 2 is 2.00 bits per heavy atom. The highest BCUT2D eigenvalue weighted by atomic mass is 16.2. The fraction of sp³-hybridized carbons (Fsp3) is 0.571. The minimum Gasteiger partial charge on any atom is -0.356 e. The number of aldehydes is 1. The number of hydrogen-bond acceptors (Lipinski definition) is 2. The molecule has 0 atom stereocenters. The first-order chi connectivity index (χ1) is 8.63. The average molecular weight is 248 g/mol. The molecule has 4 nitrogen and oxygen atoms in total. The first-order valence-electron chi connectivity index (χ1n) is 6.54. The molecule has 4 heteroatoms. The maximum Gasteiger partial charge on any atom is 0.222 e. The molecule has 1 aliphatic heterocycles. The molecule has 0 unspecified atom stereocenters. The molecule has 2 heterocycles. The quantitative estimate of drug-likeness (QED) is 0.829. The van der Waals surface area contributed by atoms with Crippen LogP contribution in [0.2, 0.25) is 0 Å². The number of amides is 1. The van der Waals surface area contributed by atoms with E-state index in [-0.39, 0.29) is 5.91 Å². The van der Waals surface area contributed by atoms with Crippen molar-refractivity contribution in [3.05, 3.63) is 22.5 Å². The molecule has 0 aromatic carbocycles. The predicted octanol–water partition coefficient (Wildman–Crippen LogP) is 2.00. The second-order valence-corrected chi connectivity index (χ2v) is 4.97. The van der Waals surface area contributed by atoms with E-state index in [1.807, 2.05) is 18.7 Å². The summed E-state index contributed by atoms with van der Waals surface area (Å²) in [6, 6.07) is 0. The maximum atomic E-state index is 12.0. The largest absolute Gasteiger partial charge is 0.356 e. The van der Waals surface area contributed by atoms with Crippen LogP contribution in [-0.2, 0) is 11.2 Å². The second-order valence-electron chi connectivity index (χ2n) is 4.97. The van der Waals surface area contributed by atoms with Gasteiger partial charge in [-0.15, -0.1) is 0 Å². The fourth-order valence-electron chi connectivity index (χ4n) is 2.66. The lowest BCUT2D eigenvalue weighted by Crippen LogP contribution is -2.27. The normalized spacial score (nSPS) is 15.1. The number of hydrogen-bond donors (Lipinski definition) is 1. The highest BCUT2D eigenvalue weighted by Gasteiger charge is 2.19. The van der Waals surface area contributed by atoms with E-state index in [0.717, 1.165) is 55.5 Å².